The van der Waals surface area contributed by atoms with E-state index in [2.05, 4.69) is 50.9 Å². The molecule has 2 heterocycles. The van der Waals surface area contributed by atoms with Crippen molar-refractivity contribution in [2.75, 3.05) is 19.3 Å². The van der Waals surface area contributed by atoms with E-state index < -0.39 is 0 Å². The van der Waals surface area contributed by atoms with Crippen LogP contribution in [0.4, 0.5) is 0 Å². The number of likely N-dealkylation sites (tertiary alicyclic amines) is 1. The molecule has 7 heteroatoms. The van der Waals surface area contributed by atoms with E-state index in [4.69, 9.17) is 4.52 Å². The van der Waals surface area contributed by atoms with Crippen LogP contribution in [-0.4, -0.2) is 40.3 Å². The molecule has 4 rings (SSSR count). The molecule has 0 unspecified atom stereocenters. The third kappa shape index (κ3) is 5.29. The highest BCUT2D eigenvalue weighted by Gasteiger charge is 2.25. The van der Waals surface area contributed by atoms with Gasteiger partial charge in [0, 0.05) is 22.9 Å². The molecular weight excluding hydrogens is 396 g/mol. The van der Waals surface area contributed by atoms with Gasteiger partial charge in [0.15, 0.2) is 0 Å². The summed E-state index contributed by atoms with van der Waals surface area (Å²) in [6.07, 6.45) is 3.75. The number of thioether (sulfide) groups is 1. The fourth-order valence-corrected chi connectivity index (χ4v) is 4.05. The number of amides is 1. The molecule has 0 radical (unpaired) electrons. The van der Waals surface area contributed by atoms with Crippen LogP contribution in [0.3, 0.4) is 0 Å². The number of carbonyl (C=O) groups excluding carboxylic acids is 1. The first-order valence-electron chi connectivity index (χ1n) is 10.2. The van der Waals surface area contributed by atoms with Crippen molar-refractivity contribution < 1.29 is 9.32 Å². The Bertz CT molecular complexity index is 951. The zero-order valence-corrected chi connectivity index (χ0v) is 17.9. The lowest BCUT2D eigenvalue weighted by Gasteiger charge is -2.30. The van der Waals surface area contributed by atoms with Gasteiger partial charge in [-0.25, -0.2) is 0 Å². The normalized spacial score (nSPS) is 15.2. The third-order valence-electron chi connectivity index (χ3n) is 5.44. The second-order valence-electron chi connectivity index (χ2n) is 7.49. The van der Waals surface area contributed by atoms with E-state index in [1.807, 2.05) is 30.3 Å². The fraction of sp³-hybridized carbons (Fsp3) is 0.348. The number of hydrogen-bond donors (Lipinski definition) is 1. The predicted octanol–water partition coefficient (Wildman–Crippen LogP) is 3.99. The van der Waals surface area contributed by atoms with Gasteiger partial charge in [0.05, 0.1) is 6.54 Å². The molecule has 0 bridgehead atoms. The van der Waals surface area contributed by atoms with E-state index in [0.29, 0.717) is 24.8 Å². The van der Waals surface area contributed by atoms with Crippen molar-refractivity contribution in [3.05, 3.63) is 66.1 Å². The summed E-state index contributed by atoms with van der Waals surface area (Å²) < 4.78 is 5.42. The Hall–Kier alpha value is -2.64. The van der Waals surface area contributed by atoms with Gasteiger partial charge in [0.2, 0.25) is 17.6 Å². The Morgan fingerprint density at radius 3 is 2.57 bits per heavy atom. The van der Waals surface area contributed by atoms with Gasteiger partial charge in [-0.05, 0) is 49.9 Å². The van der Waals surface area contributed by atoms with E-state index in [0.717, 1.165) is 37.1 Å². The van der Waals surface area contributed by atoms with Gasteiger partial charge in [0.1, 0.15) is 0 Å². The summed E-state index contributed by atoms with van der Waals surface area (Å²) in [7, 11) is 0. The molecule has 2 aromatic carbocycles. The van der Waals surface area contributed by atoms with Crippen molar-refractivity contribution in [2.45, 2.75) is 30.8 Å². The number of nitrogens with one attached hydrogen (secondary N) is 1. The Morgan fingerprint density at radius 2 is 1.87 bits per heavy atom. The molecule has 1 aromatic heterocycles. The summed E-state index contributed by atoms with van der Waals surface area (Å²) in [6.45, 7) is 2.90. The van der Waals surface area contributed by atoms with Crippen LogP contribution in [0.2, 0.25) is 0 Å². The van der Waals surface area contributed by atoms with Gasteiger partial charge in [0.25, 0.3) is 0 Å². The zero-order valence-electron chi connectivity index (χ0n) is 17.1. The average molecular weight is 423 g/mol. The summed E-state index contributed by atoms with van der Waals surface area (Å²) in [5.41, 5.74) is 2.08. The van der Waals surface area contributed by atoms with Gasteiger partial charge in [-0.3, -0.25) is 9.69 Å². The van der Waals surface area contributed by atoms with E-state index in [1.54, 1.807) is 11.8 Å². The van der Waals surface area contributed by atoms with E-state index in [-0.39, 0.29) is 11.8 Å². The molecule has 1 aliphatic heterocycles. The van der Waals surface area contributed by atoms with Crippen molar-refractivity contribution in [2.24, 2.45) is 5.92 Å². The summed E-state index contributed by atoms with van der Waals surface area (Å²) >= 11 is 1.72. The molecule has 0 saturated carbocycles. The van der Waals surface area contributed by atoms with E-state index in [9.17, 15) is 4.79 Å². The van der Waals surface area contributed by atoms with Gasteiger partial charge in [-0.2, -0.15) is 4.98 Å². The fourth-order valence-electron chi connectivity index (χ4n) is 3.65. The zero-order chi connectivity index (χ0) is 20.8. The molecule has 156 valence electrons. The van der Waals surface area contributed by atoms with E-state index in [1.165, 1.54) is 4.90 Å². The topological polar surface area (TPSA) is 71.3 Å². The van der Waals surface area contributed by atoms with Gasteiger partial charge in [-0.15, -0.1) is 11.8 Å². The Kier molecular flexibility index (Phi) is 6.81. The number of piperidine rings is 1. The third-order valence-corrected chi connectivity index (χ3v) is 6.19. The Balaban J connectivity index is 1.22. The van der Waals surface area contributed by atoms with Crippen LogP contribution in [0.15, 0.2) is 64.0 Å². The highest BCUT2D eigenvalue weighted by atomic mass is 32.2. The number of hydrogen-bond acceptors (Lipinski definition) is 6. The predicted molar refractivity (Wildman–Crippen MR) is 118 cm³/mol. The van der Waals surface area contributed by atoms with E-state index >= 15 is 0 Å². The van der Waals surface area contributed by atoms with Crippen LogP contribution in [0.1, 0.15) is 24.3 Å². The molecule has 30 heavy (non-hydrogen) atoms. The molecule has 0 atom stereocenters. The van der Waals surface area contributed by atoms with Crippen molar-refractivity contribution >= 4 is 17.7 Å². The highest BCUT2D eigenvalue weighted by Crippen LogP contribution is 2.21. The molecule has 1 N–H and O–H groups in total. The van der Waals surface area contributed by atoms with Crippen LogP contribution in [0.5, 0.6) is 0 Å². The van der Waals surface area contributed by atoms with Crippen LogP contribution in [0, 0.1) is 5.92 Å². The number of aromatic nitrogens is 2. The molecule has 3 aromatic rings. The summed E-state index contributed by atoms with van der Waals surface area (Å²) in [5.74, 6) is 1.44. The highest BCUT2D eigenvalue weighted by molar-refractivity contribution is 7.98. The number of nitrogens with zero attached hydrogens (tertiary/aromatic N) is 3. The molecule has 1 amide bonds. The first kappa shape index (κ1) is 20.6. The minimum absolute atomic E-state index is 0.0642. The number of carbonyl (C=O) groups is 1. The monoisotopic (exact) mass is 422 g/mol. The second-order valence-corrected chi connectivity index (χ2v) is 8.37. The smallest absolute Gasteiger partial charge is 0.241 e. The van der Waals surface area contributed by atoms with Gasteiger partial charge >= 0.3 is 0 Å². The van der Waals surface area contributed by atoms with Gasteiger partial charge < -0.3 is 9.84 Å². The molecule has 0 spiro atoms. The second kappa shape index (κ2) is 9.91. The summed E-state index contributed by atoms with van der Waals surface area (Å²) in [4.78, 5) is 20.6. The van der Waals surface area contributed by atoms with Crippen LogP contribution in [0.25, 0.3) is 11.4 Å². The lowest BCUT2D eigenvalue weighted by Crippen LogP contribution is -2.40. The SMILES string of the molecule is CSc1ccc(CNC(=O)C2CCN(Cc3nc(-c4ccccc4)no3)CC2)cc1. The van der Waals surface area contributed by atoms with Crippen molar-refractivity contribution in [3.63, 3.8) is 0 Å². The van der Waals surface area contributed by atoms with Crippen molar-refractivity contribution in [3.8, 4) is 11.4 Å². The van der Waals surface area contributed by atoms with Crippen LogP contribution in [-0.2, 0) is 17.9 Å². The quantitative estimate of drug-likeness (QED) is 0.581. The maximum Gasteiger partial charge on any atom is 0.241 e. The minimum Gasteiger partial charge on any atom is -0.352 e. The maximum absolute atomic E-state index is 12.5. The minimum atomic E-state index is 0.0642. The molecule has 0 aliphatic carbocycles. The summed E-state index contributed by atoms with van der Waals surface area (Å²) in [6, 6.07) is 18.1. The average Bonchev–Trinajstić information content (AvgIpc) is 3.27. The summed E-state index contributed by atoms with van der Waals surface area (Å²) in [5, 5.41) is 7.17. The van der Waals surface area contributed by atoms with Crippen molar-refractivity contribution in [1.82, 2.24) is 20.4 Å². The molecule has 1 aliphatic rings. The van der Waals surface area contributed by atoms with Crippen LogP contribution >= 0.6 is 11.8 Å². The number of rotatable bonds is 7. The standard InChI is InChI=1S/C23H26N4O2S/c1-30-20-9-7-17(8-10-20)15-24-23(28)19-11-13-27(14-12-19)16-21-25-22(26-29-21)18-5-3-2-4-6-18/h2-10,19H,11-16H2,1H3,(H,24,28). The molecular formula is C23H26N4O2S. The first-order valence-corrected chi connectivity index (χ1v) is 11.4. The van der Waals surface area contributed by atoms with Crippen molar-refractivity contribution in [1.29, 1.82) is 0 Å². The Morgan fingerprint density at radius 1 is 1.13 bits per heavy atom. The number of benzene rings is 2. The molecule has 1 fully saturated rings. The molecule has 6 nitrogen and oxygen atoms in total. The lowest BCUT2D eigenvalue weighted by atomic mass is 9.96. The Labute approximate surface area is 181 Å². The first-order chi connectivity index (χ1) is 14.7. The molecule has 1 saturated heterocycles. The maximum atomic E-state index is 12.5. The van der Waals surface area contributed by atoms with Gasteiger partial charge in [-0.1, -0.05) is 47.6 Å². The van der Waals surface area contributed by atoms with Crippen LogP contribution < -0.4 is 5.32 Å². The largest absolute Gasteiger partial charge is 0.352 e. The lowest BCUT2D eigenvalue weighted by molar-refractivity contribution is -0.126.